The van der Waals surface area contributed by atoms with Gasteiger partial charge in [0.1, 0.15) is 23.1 Å². The second kappa shape index (κ2) is 10.2. The Labute approximate surface area is 222 Å². The molecule has 0 bridgehead atoms. The SMILES string of the molecule is Cc1cccc(COc2ccc(/C(O)=C3/C(=O)C(=O)N(c4nnc(C)s4)C3c3ccc(Cl)cc3)cc2)c1. The summed E-state index contributed by atoms with van der Waals surface area (Å²) in [6, 6.07) is 20.7. The molecule has 3 aromatic carbocycles. The highest BCUT2D eigenvalue weighted by Crippen LogP contribution is 2.43. The van der Waals surface area contributed by atoms with Crippen LogP contribution in [0, 0.1) is 13.8 Å². The van der Waals surface area contributed by atoms with E-state index in [4.69, 9.17) is 16.3 Å². The number of aliphatic hydroxyl groups is 1. The first-order valence-electron chi connectivity index (χ1n) is 11.5. The van der Waals surface area contributed by atoms with Crippen LogP contribution >= 0.6 is 22.9 Å². The van der Waals surface area contributed by atoms with Crippen LogP contribution in [0.25, 0.3) is 5.76 Å². The summed E-state index contributed by atoms with van der Waals surface area (Å²) in [4.78, 5) is 27.6. The number of anilines is 1. The molecule has 2 heterocycles. The fourth-order valence-electron chi connectivity index (χ4n) is 4.21. The first kappa shape index (κ1) is 24.7. The van der Waals surface area contributed by atoms with Gasteiger partial charge in [0.05, 0.1) is 11.6 Å². The number of ketones is 1. The number of hydrogen-bond donors (Lipinski definition) is 1. The summed E-state index contributed by atoms with van der Waals surface area (Å²) >= 11 is 7.27. The minimum Gasteiger partial charge on any atom is -0.507 e. The van der Waals surface area contributed by atoms with Crippen molar-refractivity contribution in [3.63, 3.8) is 0 Å². The molecule has 1 unspecified atom stereocenters. The third kappa shape index (κ3) is 4.98. The van der Waals surface area contributed by atoms with Gasteiger partial charge < -0.3 is 9.84 Å². The van der Waals surface area contributed by atoms with Gasteiger partial charge in [0.25, 0.3) is 5.78 Å². The second-order valence-corrected chi connectivity index (χ2v) is 10.2. The maximum Gasteiger partial charge on any atom is 0.301 e. The summed E-state index contributed by atoms with van der Waals surface area (Å²) in [7, 11) is 0. The van der Waals surface area contributed by atoms with Crippen molar-refractivity contribution < 1.29 is 19.4 Å². The van der Waals surface area contributed by atoms with Crippen molar-refractivity contribution in [2.24, 2.45) is 0 Å². The highest BCUT2D eigenvalue weighted by molar-refractivity contribution is 7.15. The van der Waals surface area contributed by atoms with Crippen LogP contribution in [0.5, 0.6) is 5.75 Å². The lowest BCUT2D eigenvalue weighted by Gasteiger charge is -2.22. The van der Waals surface area contributed by atoms with E-state index in [-0.39, 0.29) is 16.5 Å². The Morgan fingerprint density at radius 1 is 1.03 bits per heavy atom. The lowest BCUT2D eigenvalue weighted by atomic mass is 9.95. The van der Waals surface area contributed by atoms with Gasteiger partial charge in [-0.25, -0.2) is 0 Å². The molecule has 0 spiro atoms. The molecule has 5 rings (SSSR count). The van der Waals surface area contributed by atoms with Crippen molar-refractivity contribution in [2.45, 2.75) is 26.5 Å². The molecule has 1 aromatic heterocycles. The minimum absolute atomic E-state index is 0.0337. The molecule has 186 valence electrons. The largest absolute Gasteiger partial charge is 0.507 e. The molecule has 37 heavy (non-hydrogen) atoms. The quantitative estimate of drug-likeness (QED) is 0.186. The predicted octanol–water partition coefficient (Wildman–Crippen LogP) is 6.01. The number of ether oxygens (including phenoxy) is 1. The number of nitrogens with zero attached hydrogens (tertiary/aromatic N) is 3. The van der Waals surface area contributed by atoms with Crippen LogP contribution in [0.3, 0.4) is 0 Å². The van der Waals surface area contributed by atoms with E-state index in [1.165, 1.54) is 16.2 Å². The van der Waals surface area contributed by atoms with Gasteiger partial charge in [-0.1, -0.05) is 64.9 Å². The van der Waals surface area contributed by atoms with Gasteiger partial charge in [0, 0.05) is 10.6 Å². The number of aliphatic hydroxyl groups excluding tert-OH is 1. The summed E-state index contributed by atoms with van der Waals surface area (Å²) in [5.41, 5.74) is 3.15. The summed E-state index contributed by atoms with van der Waals surface area (Å²) in [5.74, 6) is -1.26. The molecular formula is C28H22ClN3O4S. The number of carbonyl (C=O) groups excluding carboxylic acids is 2. The fraction of sp³-hybridized carbons (Fsp3) is 0.143. The molecular weight excluding hydrogens is 510 g/mol. The summed E-state index contributed by atoms with van der Waals surface area (Å²) in [6.07, 6.45) is 0. The van der Waals surface area contributed by atoms with Gasteiger partial charge in [0.15, 0.2) is 0 Å². The lowest BCUT2D eigenvalue weighted by Crippen LogP contribution is -2.29. The zero-order valence-electron chi connectivity index (χ0n) is 20.0. The van der Waals surface area contributed by atoms with E-state index >= 15 is 0 Å². The number of rotatable bonds is 6. The van der Waals surface area contributed by atoms with E-state index in [1.807, 2.05) is 25.1 Å². The average Bonchev–Trinajstić information content (AvgIpc) is 3.43. The number of halogens is 1. The topological polar surface area (TPSA) is 92.6 Å². The van der Waals surface area contributed by atoms with Crippen LogP contribution in [0.15, 0.2) is 78.4 Å². The molecule has 1 atom stereocenters. The first-order valence-corrected chi connectivity index (χ1v) is 12.7. The highest BCUT2D eigenvalue weighted by Gasteiger charge is 2.48. The van der Waals surface area contributed by atoms with Gasteiger partial charge in [-0.15, -0.1) is 10.2 Å². The van der Waals surface area contributed by atoms with Crippen molar-refractivity contribution >= 4 is 45.5 Å². The Morgan fingerprint density at radius 2 is 1.76 bits per heavy atom. The standard InChI is InChI=1S/C28H22ClN3O4S/c1-16-4-3-5-18(14-16)15-36-22-12-8-20(9-13-22)25(33)23-24(19-6-10-21(29)11-7-19)32(27(35)26(23)34)28-31-30-17(2)37-28/h3-14,24,33H,15H2,1-2H3/b25-23-. The minimum atomic E-state index is -0.887. The van der Waals surface area contributed by atoms with Crippen molar-refractivity contribution in [2.75, 3.05) is 4.90 Å². The monoisotopic (exact) mass is 531 g/mol. The normalized spacial score (nSPS) is 16.8. The molecule has 1 fully saturated rings. The molecule has 0 aliphatic carbocycles. The van der Waals surface area contributed by atoms with Crippen LogP contribution < -0.4 is 9.64 Å². The second-order valence-electron chi connectivity index (χ2n) is 8.63. The van der Waals surface area contributed by atoms with E-state index in [9.17, 15) is 14.7 Å². The van der Waals surface area contributed by atoms with Gasteiger partial charge >= 0.3 is 5.91 Å². The van der Waals surface area contributed by atoms with Crippen LogP contribution in [-0.2, 0) is 16.2 Å². The lowest BCUT2D eigenvalue weighted by molar-refractivity contribution is -0.132. The van der Waals surface area contributed by atoms with Crippen molar-refractivity contribution in [3.8, 4) is 5.75 Å². The third-order valence-electron chi connectivity index (χ3n) is 5.97. The number of hydrogen-bond acceptors (Lipinski definition) is 7. The number of benzene rings is 3. The molecule has 1 aliphatic heterocycles. The van der Waals surface area contributed by atoms with E-state index < -0.39 is 17.7 Å². The summed E-state index contributed by atoms with van der Waals surface area (Å²) < 4.78 is 5.87. The zero-order chi connectivity index (χ0) is 26.1. The Bertz CT molecular complexity index is 1510. The first-order chi connectivity index (χ1) is 17.8. The number of aromatic nitrogens is 2. The van der Waals surface area contributed by atoms with E-state index in [0.29, 0.717) is 33.5 Å². The molecule has 1 amide bonds. The average molecular weight is 532 g/mol. The number of Topliss-reactive ketones (excluding diaryl/α,β-unsaturated/α-hetero) is 1. The van der Waals surface area contributed by atoms with Crippen LogP contribution in [0.4, 0.5) is 5.13 Å². The Morgan fingerprint density at radius 3 is 2.41 bits per heavy atom. The van der Waals surface area contributed by atoms with Gasteiger partial charge in [-0.05, 0) is 61.4 Å². The van der Waals surface area contributed by atoms with Crippen LogP contribution in [-0.4, -0.2) is 27.0 Å². The van der Waals surface area contributed by atoms with Crippen molar-refractivity contribution in [1.82, 2.24) is 10.2 Å². The predicted molar refractivity (Wildman–Crippen MR) is 143 cm³/mol. The Kier molecular flexibility index (Phi) is 6.78. The summed E-state index contributed by atoms with van der Waals surface area (Å²) in [5, 5.41) is 20.8. The van der Waals surface area contributed by atoms with E-state index in [2.05, 4.69) is 16.3 Å². The molecule has 1 saturated heterocycles. The highest BCUT2D eigenvalue weighted by atomic mass is 35.5. The third-order valence-corrected chi connectivity index (χ3v) is 7.06. The van der Waals surface area contributed by atoms with Crippen LogP contribution in [0.1, 0.15) is 33.3 Å². The molecule has 1 aliphatic rings. The number of amides is 1. The maximum atomic E-state index is 13.2. The molecule has 7 nitrogen and oxygen atoms in total. The van der Waals surface area contributed by atoms with Gasteiger partial charge in [0.2, 0.25) is 5.13 Å². The smallest absolute Gasteiger partial charge is 0.301 e. The Balaban J connectivity index is 1.50. The van der Waals surface area contributed by atoms with E-state index in [0.717, 1.165) is 11.1 Å². The maximum absolute atomic E-state index is 13.2. The van der Waals surface area contributed by atoms with Gasteiger partial charge in [-0.2, -0.15) is 0 Å². The zero-order valence-corrected chi connectivity index (χ0v) is 21.6. The van der Waals surface area contributed by atoms with Crippen molar-refractivity contribution in [3.05, 3.63) is 111 Å². The molecule has 9 heteroatoms. The molecule has 0 radical (unpaired) electrons. The summed E-state index contributed by atoms with van der Waals surface area (Å²) in [6.45, 7) is 4.18. The molecule has 1 N–H and O–H groups in total. The number of carbonyl (C=O) groups is 2. The van der Waals surface area contributed by atoms with Crippen LogP contribution in [0.2, 0.25) is 5.02 Å². The van der Waals surface area contributed by atoms with Gasteiger partial charge in [-0.3, -0.25) is 14.5 Å². The fourth-order valence-corrected chi connectivity index (χ4v) is 5.05. The number of aryl methyl sites for hydroxylation is 2. The Hall–Kier alpha value is -4.01. The van der Waals surface area contributed by atoms with Crippen molar-refractivity contribution in [1.29, 1.82) is 0 Å². The molecule has 0 saturated carbocycles. The van der Waals surface area contributed by atoms with E-state index in [1.54, 1.807) is 55.5 Å². The molecule has 4 aromatic rings.